The number of ether oxygens (including phenoxy) is 1. The predicted molar refractivity (Wildman–Crippen MR) is 113 cm³/mol. The van der Waals surface area contributed by atoms with Crippen molar-refractivity contribution in [1.82, 2.24) is 14.9 Å². The number of methoxy groups -OCH3 is 1. The number of aryl methyl sites for hydroxylation is 1. The Balaban J connectivity index is 1.88. The average molecular weight is 441 g/mol. The van der Waals surface area contributed by atoms with Gasteiger partial charge in [-0.25, -0.2) is 18.3 Å². The Bertz CT molecular complexity index is 1190. The van der Waals surface area contributed by atoms with Gasteiger partial charge in [0.05, 0.1) is 25.4 Å². The van der Waals surface area contributed by atoms with Crippen LogP contribution in [0.25, 0.3) is 0 Å². The van der Waals surface area contributed by atoms with Gasteiger partial charge in [-0.05, 0) is 24.3 Å². The van der Waals surface area contributed by atoms with Gasteiger partial charge in [-0.2, -0.15) is 0 Å². The maximum Gasteiger partial charge on any atom is 0.338 e. The zero-order valence-corrected chi connectivity index (χ0v) is 17.7. The van der Waals surface area contributed by atoms with Crippen LogP contribution >= 0.6 is 11.6 Å². The lowest BCUT2D eigenvalue weighted by atomic mass is 9.95. The fourth-order valence-corrected chi connectivity index (χ4v) is 3.70. The molecule has 3 aromatic rings. The molecule has 7 nitrogen and oxygen atoms in total. The molecule has 0 saturated carbocycles. The monoisotopic (exact) mass is 440 g/mol. The van der Waals surface area contributed by atoms with E-state index in [1.54, 1.807) is 12.3 Å². The molecular weight excluding hydrogens is 421 g/mol. The molecule has 0 radical (unpaired) electrons. The number of amidine groups is 1. The Morgan fingerprint density at radius 1 is 1.35 bits per heavy atom. The van der Waals surface area contributed by atoms with Crippen LogP contribution in [0.5, 0.6) is 0 Å². The van der Waals surface area contributed by atoms with Crippen molar-refractivity contribution in [2.75, 3.05) is 7.11 Å². The Kier molecular flexibility index (Phi) is 5.81. The van der Waals surface area contributed by atoms with E-state index >= 15 is 0 Å². The number of aromatic nitrogens is 3. The number of carbonyl (C=O) groups is 1. The summed E-state index contributed by atoms with van der Waals surface area (Å²) < 4.78 is 22.6. The highest BCUT2D eigenvalue weighted by Gasteiger charge is 2.34. The summed E-state index contributed by atoms with van der Waals surface area (Å²) in [6.45, 7) is 0.354. The van der Waals surface area contributed by atoms with Crippen LogP contribution < -0.4 is 9.88 Å². The summed E-state index contributed by atoms with van der Waals surface area (Å²) in [6.07, 6.45) is 7.32. The third-order valence-corrected chi connectivity index (χ3v) is 5.19. The van der Waals surface area contributed by atoms with Gasteiger partial charge in [0.1, 0.15) is 36.5 Å². The number of rotatable bonds is 5. The molecule has 1 aromatic carbocycles. The van der Waals surface area contributed by atoms with Gasteiger partial charge in [-0.15, -0.1) is 0 Å². The van der Waals surface area contributed by atoms with Crippen LogP contribution in [0.4, 0.5) is 4.39 Å². The second-order valence-corrected chi connectivity index (χ2v) is 7.43. The predicted octanol–water partition coefficient (Wildman–Crippen LogP) is 2.72. The Labute approximate surface area is 183 Å². The number of esters is 1. The van der Waals surface area contributed by atoms with E-state index in [1.807, 2.05) is 47.0 Å². The third-order valence-electron chi connectivity index (χ3n) is 4.86. The highest BCUT2D eigenvalue weighted by atomic mass is 35.5. The highest BCUT2D eigenvalue weighted by Crippen LogP contribution is 2.36. The van der Waals surface area contributed by atoms with Gasteiger partial charge in [0.15, 0.2) is 5.84 Å². The van der Waals surface area contributed by atoms with E-state index in [0.29, 0.717) is 34.9 Å². The minimum Gasteiger partial charge on any atom is -0.466 e. The van der Waals surface area contributed by atoms with Crippen molar-refractivity contribution < 1.29 is 18.5 Å². The lowest BCUT2D eigenvalue weighted by molar-refractivity contribution is -0.671. The number of aliphatic imine (C=N–C) groups is 1. The molecule has 0 amide bonds. The van der Waals surface area contributed by atoms with E-state index in [1.165, 1.54) is 25.3 Å². The molecule has 0 bridgehead atoms. The fraction of sp³-hybridized carbons (Fsp3) is 0.182. The number of hydrogen-bond donors (Lipinski definition) is 1. The van der Waals surface area contributed by atoms with Gasteiger partial charge < -0.3 is 10.1 Å². The third kappa shape index (κ3) is 4.34. The molecule has 158 valence electrons. The Hall–Kier alpha value is -3.52. The van der Waals surface area contributed by atoms with E-state index in [9.17, 15) is 9.18 Å². The maximum absolute atomic E-state index is 13.7. The lowest BCUT2D eigenvalue weighted by Crippen LogP contribution is -2.36. The van der Waals surface area contributed by atoms with Gasteiger partial charge in [0, 0.05) is 16.8 Å². The van der Waals surface area contributed by atoms with Gasteiger partial charge in [-0.1, -0.05) is 23.7 Å². The van der Waals surface area contributed by atoms with Crippen LogP contribution in [0.3, 0.4) is 0 Å². The number of allylic oxidation sites excluding steroid dienone is 1. The minimum absolute atomic E-state index is 0.170. The van der Waals surface area contributed by atoms with Gasteiger partial charge in [-0.3, -0.25) is 9.98 Å². The lowest BCUT2D eigenvalue weighted by Gasteiger charge is -2.27. The van der Waals surface area contributed by atoms with Crippen LogP contribution in [0.15, 0.2) is 77.6 Å². The number of halogens is 2. The first-order valence-electron chi connectivity index (χ1n) is 9.50. The molecule has 2 aromatic heterocycles. The second kappa shape index (κ2) is 8.69. The van der Waals surface area contributed by atoms with Crippen molar-refractivity contribution >= 4 is 23.4 Å². The Morgan fingerprint density at radius 2 is 2.19 bits per heavy atom. The van der Waals surface area contributed by atoms with Crippen molar-refractivity contribution in [3.63, 3.8) is 0 Å². The molecule has 0 aliphatic carbocycles. The summed E-state index contributed by atoms with van der Waals surface area (Å²) in [7, 11) is 3.21. The summed E-state index contributed by atoms with van der Waals surface area (Å²) in [5, 5.41) is 3.41. The minimum atomic E-state index is -0.793. The quantitative estimate of drug-likeness (QED) is 0.489. The molecule has 0 spiro atoms. The summed E-state index contributed by atoms with van der Waals surface area (Å²) in [5.74, 6) is -0.543. The van der Waals surface area contributed by atoms with E-state index in [0.717, 1.165) is 0 Å². The van der Waals surface area contributed by atoms with Crippen LogP contribution in [0, 0.1) is 5.82 Å². The van der Waals surface area contributed by atoms with Crippen LogP contribution in [0.1, 0.15) is 17.3 Å². The normalized spacial score (nSPS) is 16.0. The second-order valence-electron chi connectivity index (χ2n) is 7.02. The molecule has 1 aliphatic heterocycles. The zero-order chi connectivity index (χ0) is 22.0. The van der Waals surface area contributed by atoms with Crippen LogP contribution in [-0.2, 0) is 23.1 Å². The number of hydrogen-bond acceptors (Lipinski definition) is 5. The number of carbonyl (C=O) groups excluding carboxylic acids is 1. The number of benzene rings is 1. The summed E-state index contributed by atoms with van der Waals surface area (Å²) in [6, 6.07) is 8.69. The average Bonchev–Trinajstić information content (AvgIpc) is 3.18. The van der Waals surface area contributed by atoms with Gasteiger partial charge in [0.25, 0.3) is 0 Å². The molecule has 9 heteroatoms. The number of pyridine rings is 1. The van der Waals surface area contributed by atoms with Crippen LogP contribution in [-0.4, -0.2) is 28.5 Å². The zero-order valence-electron chi connectivity index (χ0n) is 16.9. The summed E-state index contributed by atoms with van der Waals surface area (Å²) in [4.78, 5) is 21.9. The number of nitrogens with one attached hydrogen (secondary N) is 1. The molecule has 31 heavy (non-hydrogen) atoms. The maximum atomic E-state index is 13.7. The van der Waals surface area contributed by atoms with Crippen LogP contribution in [0.2, 0.25) is 5.02 Å². The molecule has 1 unspecified atom stereocenters. The van der Waals surface area contributed by atoms with Crippen molar-refractivity contribution in [2.45, 2.75) is 12.6 Å². The van der Waals surface area contributed by atoms with E-state index < -0.39 is 17.8 Å². The van der Waals surface area contributed by atoms with Crippen molar-refractivity contribution in [1.29, 1.82) is 0 Å². The molecule has 0 saturated heterocycles. The number of nitrogens with zero attached hydrogens (tertiary/aromatic N) is 4. The first-order chi connectivity index (χ1) is 15.0. The number of imidazole rings is 1. The van der Waals surface area contributed by atoms with Crippen molar-refractivity contribution in [3.05, 3.63) is 94.7 Å². The SMILES string of the molecule is COC(=O)C1=C(Cn2cc[n+](C)c2)NC(c2ccccn2)=NC1c1ccc(F)cc1Cl. The van der Waals surface area contributed by atoms with E-state index in [-0.39, 0.29) is 5.02 Å². The first-order valence-corrected chi connectivity index (χ1v) is 9.87. The molecule has 1 aliphatic rings. The molecule has 4 rings (SSSR count). The molecule has 1 N–H and O–H groups in total. The first kappa shape index (κ1) is 20.7. The van der Waals surface area contributed by atoms with Gasteiger partial charge in [0.2, 0.25) is 6.33 Å². The summed E-state index contributed by atoms with van der Waals surface area (Å²) in [5.41, 5.74) is 1.98. The standard InChI is InChI=1S/C22H19ClFN5O2/c1-28-9-10-29(13-28)12-18-19(22(30)31-2)20(15-7-6-14(24)11-16(15)23)27-21(26-18)17-5-3-4-8-25-17/h3-11,13,20H,12H2,1-2H3/p+1. The fourth-order valence-electron chi connectivity index (χ4n) is 3.43. The van der Waals surface area contributed by atoms with E-state index in [2.05, 4.69) is 10.3 Å². The van der Waals surface area contributed by atoms with Gasteiger partial charge >= 0.3 is 5.97 Å². The summed E-state index contributed by atoms with van der Waals surface area (Å²) >= 11 is 6.35. The van der Waals surface area contributed by atoms with Crippen molar-refractivity contribution in [3.8, 4) is 0 Å². The highest BCUT2D eigenvalue weighted by molar-refractivity contribution is 6.31. The largest absolute Gasteiger partial charge is 0.466 e. The molecule has 3 heterocycles. The van der Waals surface area contributed by atoms with Crippen molar-refractivity contribution in [2.24, 2.45) is 12.0 Å². The topological polar surface area (TPSA) is 72.4 Å². The molecule has 0 fully saturated rings. The van der Waals surface area contributed by atoms with E-state index in [4.69, 9.17) is 21.3 Å². The molecule has 1 atom stereocenters. The smallest absolute Gasteiger partial charge is 0.338 e. The Morgan fingerprint density at radius 3 is 2.84 bits per heavy atom. The molecular formula is C22H20ClFN5O2+.